The van der Waals surface area contributed by atoms with Crippen LogP contribution in [0.5, 0.6) is 0 Å². The average Bonchev–Trinajstić information content (AvgIpc) is 2.38. The number of nitrogens with zero attached hydrogens (tertiary/aromatic N) is 2. The van der Waals surface area contributed by atoms with Crippen LogP contribution in [0, 0.1) is 11.8 Å². The maximum absolute atomic E-state index is 4.28. The molecule has 0 amide bonds. The van der Waals surface area contributed by atoms with E-state index < -0.39 is 0 Å². The van der Waals surface area contributed by atoms with Gasteiger partial charge in [0, 0.05) is 38.8 Å². The quantitative estimate of drug-likeness (QED) is 0.416. The van der Waals surface area contributed by atoms with Gasteiger partial charge in [-0.1, -0.05) is 20.8 Å². The Hall–Kier alpha value is -0.0400. The summed E-state index contributed by atoms with van der Waals surface area (Å²) in [6.45, 7) is 15.9. The minimum absolute atomic E-state index is 0. The Morgan fingerprint density at radius 3 is 2.24 bits per heavy atom. The molecule has 1 aliphatic heterocycles. The summed E-state index contributed by atoms with van der Waals surface area (Å²) in [5, 5.41) is 6.80. The third kappa shape index (κ3) is 7.17. The molecule has 2 atom stereocenters. The zero-order chi connectivity index (χ0) is 15.2. The van der Waals surface area contributed by atoms with E-state index in [9.17, 15) is 0 Å². The van der Waals surface area contributed by atoms with Crippen LogP contribution in [0.25, 0.3) is 0 Å². The van der Waals surface area contributed by atoms with E-state index in [-0.39, 0.29) is 29.5 Å². The van der Waals surface area contributed by atoms with Crippen LogP contribution >= 0.6 is 24.0 Å². The first-order valence-corrected chi connectivity index (χ1v) is 8.08. The summed E-state index contributed by atoms with van der Waals surface area (Å²) in [7, 11) is 1.84. The molecule has 0 radical (unpaired) electrons. The van der Waals surface area contributed by atoms with Crippen LogP contribution in [-0.2, 0) is 0 Å². The van der Waals surface area contributed by atoms with Crippen molar-refractivity contribution >= 4 is 29.9 Å². The number of piperidine rings is 1. The molecule has 2 unspecified atom stereocenters. The number of nitrogens with one attached hydrogen (secondary N) is 2. The minimum atomic E-state index is 0. The van der Waals surface area contributed by atoms with E-state index in [0.717, 1.165) is 37.3 Å². The second kappa shape index (κ2) is 9.87. The summed E-state index contributed by atoms with van der Waals surface area (Å²) < 4.78 is 0. The van der Waals surface area contributed by atoms with E-state index in [1.54, 1.807) is 0 Å². The standard InChI is InChI=1S/C16H34N4.HI/c1-7-8-18-15(17-6)19-12-16(4,5)20-10-13(2)9-14(3)11-20;/h13-14H,7-12H2,1-6H3,(H2,17,18,19);1H. The van der Waals surface area contributed by atoms with E-state index >= 15 is 0 Å². The molecular weight excluding hydrogens is 375 g/mol. The Labute approximate surface area is 148 Å². The molecule has 1 fully saturated rings. The zero-order valence-corrected chi connectivity index (χ0v) is 17.0. The number of guanidine groups is 1. The van der Waals surface area contributed by atoms with Gasteiger partial charge in [-0.15, -0.1) is 24.0 Å². The summed E-state index contributed by atoms with van der Waals surface area (Å²) >= 11 is 0. The Balaban J connectivity index is 0.00000400. The molecule has 2 N–H and O–H groups in total. The van der Waals surface area contributed by atoms with Crippen molar-refractivity contribution < 1.29 is 0 Å². The molecule has 0 saturated carbocycles. The second-order valence-corrected chi connectivity index (χ2v) is 7.02. The largest absolute Gasteiger partial charge is 0.356 e. The monoisotopic (exact) mass is 410 g/mol. The molecule has 1 rings (SSSR count). The molecule has 0 aromatic carbocycles. The lowest BCUT2D eigenvalue weighted by Gasteiger charge is -2.45. The van der Waals surface area contributed by atoms with Crippen molar-refractivity contribution in [3.8, 4) is 0 Å². The molecule has 1 saturated heterocycles. The van der Waals surface area contributed by atoms with Crippen LogP contribution in [0.15, 0.2) is 4.99 Å². The first-order valence-electron chi connectivity index (χ1n) is 8.08. The summed E-state index contributed by atoms with van der Waals surface area (Å²) in [5.41, 5.74) is 0.159. The maximum atomic E-state index is 4.28. The maximum Gasteiger partial charge on any atom is 0.191 e. The topological polar surface area (TPSA) is 39.7 Å². The Morgan fingerprint density at radius 2 is 1.76 bits per heavy atom. The van der Waals surface area contributed by atoms with Gasteiger partial charge in [0.2, 0.25) is 0 Å². The van der Waals surface area contributed by atoms with Crippen molar-refractivity contribution in [2.24, 2.45) is 16.8 Å². The molecule has 126 valence electrons. The fraction of sp³-hybridized carbons (Fsp3) is 0.938. The van der Waals surface area contributed by atoms with Gasteiger partial charge in [-0.2, -0.15) is 0 Å². The number of likely N-dealkylation sites (tertiary alicyclic amines) is 1. The number of halogens is 1. The van der Waals surface area contributed by atoms with Crippen LogP contribution in [0.3, 0.4) is 0 Å². The molecule has 0 aromatic rings. The van der Waals surface area contributed by atoms with E-state index in [1.165, 1.54) is 19.5 Å². The van der Waals surface area contributed by atoms with Crippen molar-refractivity contribution in [1.29, 1.82) is 0 Å². The number of aliphatic imine (C=N–C) groups is 1. The highest BCUT2D eigenvalue weighted by atomic mass is 127. The summed E-state index contributed by atoms with van der Waals surface area (Å²) in [6, 6.07) is 0. The molecule has 0 aromatic heterocycles. The first kappa shape index (κ1) is 21.0. The van der Waals surface area contributed by atoms with Gasteiger partial charge in [0.15, 0.2) is 5.96 Å². The summed E-state index contributed by atoms with van der Waals surface area (Å²) in [6.07, 6.45) is 2.48. The van der Waals surface area contributed by atoms with Gasteiger partial charge >= 0.3 is 0 Å². The lowest BCUT2D eigenvalue weighted by atomic mass is 9.88. The second-order valence-electron chi connectivity index (χ2n) is 7.02. The van der Waals surface area contributed by atoms with Crippen molar-refractivity contribution in [1.82, 2.24) is 15.5 Å². The highest BCUT2D eigenvalue weighted by Crippen LogP contribution is 2.26. The molecule has 1 heterocycles. The molecule has 1 aliphatic rings. The third-order valence-electron chi connectivity index (χ3n) is 4.18. The van der Waals surface area contributed by atoms with Gasteiger partial charge in [-0.3, -0.25) is 9.89 Å². The Morgan fingerprint density at radius 1 is 1.19 bits per heavy atom. The van der Waals surface area contributed by atoms with E-state index in [4.69, 9.17) is 0 Å². The van der Waals surface area contributed by atoms with E-state index in [1.807, 2.05) is 7.05 Å². The van der Waals surface area contributed by atoms with Crippen LogP contribution < -0.4 is 10.6 Å². The van der Waals surface area contributed by atoms with Gasteiger partial charge in [0.1, 0.15) is 0 Å². The van der Waals surface area contributed by atoms with Crippen LogP contribution in [-0.4, -0.2) is 49.6 Å². The predicted octanol–water partition coefficient (Wildman–Crippen LogP) is 2.94. The lowest BCUT2D eigenvalue weighted by molar-refractivity contribution is 0.0483. The molecular formula is C16H35IN4. The van der Waals surface area contributed by atoms with Crippen LogP contribution in [0.1, 0.15) is 47.5 Å². The Kier molecular flexibility index (Phi) is 9.85. The zero-order valence-electron chi connectivity index (χ0n) is 14.7. The molecule has 0 bridgehead atoms. The van der Waals surface area contributed by atoms with E-state index in [0.29, 0.717) is 0 Å². The molecule has 21 heavy (non-hydrogen) atoms. The first-order chi connectivity index (χ1) is 9.39. The van der Waals surface area contributed by atoms with Crippen molar-refractivity contribution in [2.45, 2.75) is 53.0 Å². The number of hydrogen-bond donors (Lipinski definition) is 2. The van der Waals surface area contributed by atoms with Gasteiger partial charge in [0.25, 0.3) is 0 Å². The van der Waals surface area contributed by atoms with Crippen molar-refractivity contribution in [3.05, 3.63) is 0 Å². The highest BCUT2D eigenvalue weighted by Gasteiger charge is 2.32. The number of hydrogen-bond acceptors (Lipinski definition) is 2. The van der Waals surface area contributed by atoms with Gasteiger partial charge in [-0.05, 0) is 38.5 Å². The van der Waals surface area contributed by atoms with Gasteiger partial charge in [0.05, 0.1) is 0 Å². The van der Waals surface area contributed by atoms with Crippen molar-refractivity contribution in [3.63, 3.8) is 0 Å². The van der Waals surface area contributed by atoms with Gasteiger partial charge in [-0.25, -0.2) is 0 Å². The highest BCUT2D eigenvalue weighted by molar-refractivity contribution is 14.0. The SMILES string of the molecule is CCCNC(=NC)NCC(C)(C)N1CC(C)CC(C)C1.I. The minimum Gasteiger partial charge on any atom is -0.356 e. The lowest BCUT2D eigenvalue weighted by Crippen LogP contribution is -2.57. The van der Waals surface area contributed by atoms with Crippen LogP contribution in [0.2, 0.25) is 0 Å². The fourth-order valence-corrected chi connectivity index (χ4v) is 3.03. The average molecular weight is 410 g/mol. The third-order valence-corrected chi connectivity index (χ3v) is 4.18. The number of rotatable bonds is 5. The molecule has 0 aliphatic carbocycles. The van der Waals surface area contributed by atoms with Crippen molar-refractivity contribution in [2.75, 3.05) is 33.2 Å². The smallest absolute Gasteiger partial charge is 0.191 e. The normalized spacial score (nSPS) is 24.4. The fourth-order valence-electron chi connectivity index (χ4n) is 3.03. The summed E-state index contributed by atoms with van der Waals surface area (Å²) in [4.78, 5) is 6.91. The molecule has 0 spiro atoms. The molecule has 4 nitrogen and oxygen atoms in total. The predicted molar refractivity (Wildman–Crippen MR) is 104 cm³/mol. The van der Waals surface area contributed by atoms with Crippen LogP contribution in [0.4, 0.5) is 0 Å². The molecule has 5 heteroatoms. The van der Waals surface area contributed by atoms with E-state index in [2.05, 4.69) is 55.1 Å². The van der Waals surface area contributed by atoms with Gasteiger partial charge < -0.3 is 10.6 Å². The summed E-state index contributed by atoms with van der Waals surface area (Å²) in [5.74, 6) is 2.52. The Bertz CT molecular complexity index is 307.